The predicted octanol–water partition coefficient (Wildman–Crippen LogP) is 5.97. The molecule has 0 atom stereocenters. The van der Waals surface area contributed by atoms with Gasteiger partial charge in [-0.3, -0.25) is 14.5 Å². The molecule has 178 valence electrons. The van der Waals surface area contributed by atoms with Gasteiger partial charge in [-0.1, -0.05) is 72.9 Å². The van der Waals surface area contributed by atoms with Crippen molar-refractivity contribution in [2.45, 2.75) is 25.7 Å². The van der Waals surface area contributed by atoms with Crippen LogP contribution < -0.4 is 14.8 Å². The van der Waals surface area contributed by atoms with Gasteiger partial charge in [0.2, 0.25) is 12.7 Å². The molecule has 2 amide bonds. The summed E-state index contributed by atoms with van der Waals surface area (Å²) in [4.78, 5) is 27.6. The van der Waals surface area contributed by atoms with Crippen LogP contribution >= 0.6 is 24.0 Å². The summed E-state index contributed by atoms with van der Waals surface area (Å²) >= 11 is 6.75. The number of unbranched alkanes of at least 4 members (excludes halogenated alkanes) is 2. The van der Waals surface area contributed by atoms with E-state index in [2.05, 4.69) is 5.32 Å². The highest BCUT2D eigenvalue weighted by Gasteiger charge is 2.31. The summed E-state index contributed by atoms with van der Waals surface area (Å²) < 4.78 is 11.3. The van der Waals surface area contributed by atoms with Crippen molar-refractivity contribution in [1.29, 1.82) is 0 Å². The third-order valence-corrected chi connectivity index (χ3v) is 7.30. The van der Waals surface area contributed by atoms with Crippen molar-refractivity contribution in [2.24, 2.45) is 0 Å². The Bertz CT molecular complexity index is 1330. The highest BCUT2D eigenvalue weighted by atomic mass is 32.2. The number of thiocarbonyl (C=S) groups is 1. The van der Waals surface area contributed by atoms with Crippen molar-refractivity contribution >= 4 is 62.7 Å². The molecule has 35 heavy (non-hydrogen) atoms. The fourth-order valence-corrected chi connectivity index (χ4v) is 5.43. The Labute approximate surface area is 213 Å². The molecule has 3 aromatic rings. The lowest BCUT2D eigenvalue weighted by Gasteiger charge is -2.14. The molecule has 1 saturated heterocycles. The Morgan fingerprint density at radius 1 is 1.03 bits per heavy atom. The number of carbonyl (C=O) groups is 2. The minimum absolute atomic E-state index is 0.00127. The lowest BCUT2D eigenvalue weighted by Crippen LogP contribution is -2.29. The Hall–Kier alpha value is -3.36. The molecule has 1 N–H and O–H groups in total. The van der Waals surface area contributed by atoms with E-state index in [1.807, 2.05) is 66.7 Å². The summed E-state index contributed by atoms with van der Waals surface area (Å²) in [5, 5.41) is 5.16. The quantitative estimate of drug-likeness (QED) is 0.232. The molecular formula is C27H24N2O4S2. The van der Waals surface area contributed by atoms with Crippen LogP contribution in [-0.2, 0) is 9.59 Å². The molecule has 2 aliphatic heterocycles. The number of rotatable bonds is 8. The topological polar surface area (TPSA) is 67.9 Å². The van der Waals surface area contributed by atoms with Gasteiger partial charge in [0.15, 0.2) is 11.5 Å². The average molecular weight is 505 g/mol. The summed E-state index contributed by atoms with van der Waals surface area (Å²) in [5.74, 6) is 1.31. The maximum absolute atomic E-state index is 12.9. The monoisotopic (exact) mass is 504 g/mol. The van der Waals surface area contributed by atoms with Crippen molar-refractivity contribution in [3.63, 3.8) is 0 Å². The number of amides is 2. The van der Waals surface area contributed by atoms with Crippen LogP contribution in [-0.4, -0.2) is 34.4 Å². The molecule has 2 heterocycles. The van der Waals surface area contributed by atoms with Crippen LogP contribution in [0.15, 0.2) is 65.6 Å². The van der Waals surface area contributed by atoms with Crippen LogP contribution in [0.4, 0.5) is 5.69 Å². The number of nitrogens with zero attached hydrogens (tertiary/aromatic N) is 1. The molecule has 8 heteroatoms. The first-order valence-electron chi connectivity index (χ1n) is 11.5. The number of carbonyl (C=O) groups excluding carboxylic acids is 2. The van der Waals surface area contributed by atoms with Gasteiger partial charge in [-0.2, -0.15) is 0 Å². The fourth-order valence-electron chi connectivity index (χ4n) is 4.13. The summed E-state index contributed by atoms with van der Waals surface area (Å²) in [6, 6.07) is 19.5. The first kappa shape index (κ1) is 23.4. The van der Waals surface area contributed by atoms with Gasteiger partial charge in [0.05, 0.1) is 4.91 Å². The zero-order chi connectivity index (χ0) is 24.2. The zero-order valence-electron chi connectivity index (χ0n) is 19.0. The van der Waals surface area contributed by atoms with E-state index in [4.69, 9.17) is 21.7 Å². The molecule has 1 fully saturated rings. The number of anilines is 1. The Balaban J connectivity index is 1.09. The number of hydrogen-bond donors (Lipinski definition) is 1. The molecular weight excluding hydrogens is 480 g/mol. The molecule has 0 radical (unpaired) electrons. The maximum Gasteiger partial charge on any atom is 0.266 e. The summed E-state index contributed by atoms with van der Waals surface area (Å²) in [6.45, 7) is 0.764. The maximum atomic E-state index is 12.9. The third-order valence-electron chi connectivity index (χ3n) is 5.92. The second-order valence-electron chi connectivity index (χ2n) is 8.33. The van der Waals surface area contributed by atoms with Crippen LogP contribution in [0, 0.1) is 0 Å². The third kappa shape index (κ3) is 5.33. The molecule has 0 bridgehead atoms. The number of hydrogen-bond acceptors (Lipinski definition) is 6. The molecule has 6 nitrogen and oxygen atoms in total. The van der Waals surface area contributed by atoms with Crippen LogP contribution in [0.2, 0.25) is 0 Å². The van der Waals surface area contributed by atoms with Gasteiger partial charge in [-0.25, -0.2) is 0 Å². The highest BCUT2D eigenvalue weighted by Crippen LogP contribution is 2.36. The van der Waals surface area contributed by atoms with Gasteiger partial charge in [0.1, 0.15) is 4.32 Å². The first-order chi connectivity index (χ1) is 17.1. The molecule has 0 saturated carbocycles. The van der Waals surface area contributed by atoms with Crippen LogP contribution in [0.3, 0.4) is 0 Å². The largest absolute Gasteiger partial charge is 0.454 e. The van der Waals surface area contributed by atoms with Crippen molar-refractivity contribution in [2.75, 3.05) is 18.7 Å². The van der Waals surface area contributed by atoms with Gasteiger partial charge in [-0.05, 0) is 48.1 Å². The molecule has 2 aliphatic rings. The van der Waals surface area contributed by atoms with Crippen LogP contribution in [0.1, 0.15) is 31.2 Å². The predicted molar refractivity (Wildman–Crippen MR) is 143 cm³/mol. The van der Waals surface area contributed by atoms with Crippen molar-refractivity contribution in [1.82, 2.24) is 4.90 Å². The number of fused-ring (bicyclic) bond motifs is 2. The molecule has 0 aliphatic carbocycles. The van der Waals surface area contributed by atoms with Crippen molar-refractivity contribution in [3.8, 4) is 11.5 Å². The first-order valence-corrected chi connectivity index (χ1v) is 12.7. The second-order valence-corrected chi connectivity index (χ2v) is 10.0. The van der Waals surface area contributed by atoms with E-state index in [-0.39, 0.29) is 18.6 Å². The van der Waals surface area contributed by atoms with E-state index in [9.17, 15) is 9.59 Å². The van der Waals surface area contributed by atoms with Crippen LogP contribution in [0.25, 0.3) is 16.8 Å². The molecule has 3 aromatic carbocycles. The fraction of sp³-hybridized carbons (Fsp3) is 0.222. The minimum atomic E-state index is -0.0774. The normalized spacial score (nSPS) is 15.9. The Morgan fingerprint density at radius 3 is 2.77 bits per heavy atom. The minimum Gasteiger partial charge on any atom is -0.454 e. The highest BCUT2D eigenvalue weighted by molar-refractivity contribution is 8.26. The number of thioether (sulfide) groups is 1. The van der Waals surface area contributed by atoms with E-state index < -0.39 is 0 Å². The van der Waals surface area contributed by atoms with Crippen molar-refractivity contribution < 1.29 is 19.1 Å². The smallest absolute Gasteiger partial charge is 0.266 e. The van der Waals surface area contributed by atoms with Gasteiger partial charge in [0, 0.05) is 24.0 Å². The SMILES string of the molecule is O=C(CCCCCN1C(=O)/C(=C/c2ccc3c(c2)OCO3)SC1=S)Nc1cccc2ccccc12. The van der Waals surface area contributed by atoms with E-state index in [1.165, 1.54) is 11.8 Å². The Morgan fingerprint density at radius 2 is 1.86 bits per heavy atom. The number of ether oxygens (including phenoxy) is 2. The van der Waals surface area contributed by atoms with Crippen molar-refractivity contribution in [3.05, 3.63) is 71.1 Å². The summed E-state index contributed by atoms with van der Waals surface area (Å²) in [6.07, 6.45) is 4.63. The summed E-state index contributed by atoms with van der Waals surface area (Å²) in [5.41, 5.74) is 1.70. The van der Waals surface area contributed by atoms with Gasteiger partial charge >= 0.3 is 0 Å². The van der Waals surface area contributed by atoms with Gasteiger partial charge in [-0.15, -0.1) is 0 Å². The standard InChI is InChI=1S/C27H24N2O4S2/c30-25(28-21-10-6-8-19-7-3-4-9-20(19)21)11-2-1-5-14-29-26(31)24(35-27(29)34)16-18-12-13-22-23(15-18)33-17-32-22/h3-4,6-10,12-13,15-16H,1-2,5,11,14,17H2,(H,28,30)/b24-16-. The Kier molecular flexibility index (Phi) is 7.01. The average Bonchev–Trinajstić information content (AvgIpc) is 3.43. The van der Waals surface area contributed by atoms with Gasteiger partial charge in [0.25, 0.3) is 5.91 Å². The lowest BCUT2D eigenvalue weighted by molar-refractivity contribution is -0.122. The second kappa shape index (κ2) is 10.5. The van der Waals surface area contributed by atoms with E-state index in [0.717, 1.165) is 41.3 Å². The van der Waals surface area contributed by atoms with E-state index in [0.29, 0.717) is 33.7 Å². The van der Waals surface area contributed by atoms with E-state index in [1.54, 1.807) is 4.90 Å². The van der Waals surface area contributed by atoms with E-state index >= 15 is 0 Å². The molecule has 0 unspecified atom stereocenters. The molecule has 0 spiro atoms. The molecule has 0 aromatic heterocycles. The number of benzene rings is 3. The van der Waals surface area contributed by atoms with Crippen LogP contribution in [0.5, 0.6) is 11.5 Å². The number of nitrogens with one attached hydrogen (secondary N) is 1. The zero-order valence-corrected chi connectivity index (χ0v) is 20.6. The lowest BCUT2D eigenvalue weighted by atomic mass is 10.1. The van der Waals surface area contributed by atoms with Gasteiger partial charge < -0.3 is 14.8 Å². The molecule has 5 rings (SSSR count). The summed E-state index contributed by atoms with van der Waals surface area (Å²) in [7, 11) is 0.